The van der Waals surface area contributed by atoms with Crippen LogP contribution in [0.3, 0.4) is 0 Å². The second-order valence-corrected chi connectivity index (χ2v) is 15.3. The molecule has 0 bridgehead atoms. The fraction of sp³-hybridized carbons (Fsp3) is 0.500. The summed E-state index contributed by atoms with van der Waals surface area (Å²) in [6.45, 7) is 7.85. The number of hydrogen-bond donors (Lipinski definition) is 2. The van der Waals surface area contributed by atoms with Crippen molar-refractivity contribution < 1.29 is 39.5 Å². The maximum atomic E-state index is 13.6. The lowest BCUT2D eigenvalue weighted by Gasteiger charge is -2.36. The first-order valence-corrected chi connectivity index (χ1v) is 17.0. The minimum absolute atomic E-state index is 0.365. The third kappa shape index (κ3) is 9.49. The molecule has 1 fully saturated rings. The Morgan fingerprint density at radius 1 is 1.02 bits per heavy atom. The van der Waals surface area contributed by atoms with E-state index in [2.05, 4.69) is 10.2 Å². The van der Waals surface area contributed by atoms with Crippen molar-refractivity contribution in [3.8, 4) is 0 Å². The van der Waals surface area contributed by atoms with Gasteiger partial charge in [0.2, 0.25) is 10.0 Å². The standard InChI is InChI=1S/C26H35F3N4O6S3/c1-25(2,3)39-24(34)33-15-13-32(14-16-33)12-11-19(18-40-20-7-5-4-6-8-20)31-22-10-9-21(42(30,37)38)17-23(22)41(35,36)26(27,28)29/h4-10,17,19,31H,11-16,18H2,1-3H3,(H2,30,37,38). The van der Waals surface area contributed by atoms with Gasteiger partial charge in [0.15, 0.2) is 0 Å². The minimum atomic E-state index is -5.91. The van der Waals surface area contributed by atoms with Gasteiger partial charge in [0.05, 0.1) is 10.6 Å². The van der Waals surface area contributed by atoms with Gasteiger partial charge in [0.25, 0.3) is 9.84 Å². The second-order valence-electron chi connectivity index (χ2n) is 10.7. The molecule has 2 aromatic rings. The summed E-state index contributed by atoms with van der Waals surface area (Å²) in [4.78, 5) is 15.0. The van der Waals surface area contributed by atoms with Crippen LogP contribution in [0.15, 0.2) is 63.2 Å². The molecule has 2 aromatic carbocycles. The summed E-state index contributed by atoms with van der Waals surface area (Å²) in [5.41, 5.74) is -6.66. The first-order chi connectivity index (χ1) is 19.4. The van der Waals surface area contributed by atoms with Gasteiger partial charge in [-0.3, -0.25) is 4.90 Å². The number of benzene rings is 2. The smallest absolute Gasteiger partial charge is 0.444 e. The molecule has 1 atom stereocenters. The number of primary sulfonamides is 1. The Balaban J connectivity index is 1.80. The summed E-state index contributed by atoms with van der Waals surface area (Å²) >= 11 is 1.43. The predicted octanol–water partition coefficient (Wildman–Crippen LogP) is 4.14. The number of nitrogens with one attached hydrogen (secondary N) is 1. The van der Waals surface area contributed by atoms with E-state index in [0.29, 0.717) is 51.0 Å². The average molecular weight is 653 g/mol. The number of halogens is 3. The van der Waals surface area contributed by atoms with E-state index in [9.17, 15) is 34.8 Å². The van der Waals surface area contributed by atoms with Crippen LogP contribution in [0, 0.1) is 0 Å². The Hall–Kier alpha value is -2.53. The molecule has 0 radical (unpaired) electrons. The number of sulfonamides is 1. The monoisotopic (exact) mass is 652 g/mol. The molecule has 1 heterocycles. The molecule has 234 valence electrons. The van der Waals surface area contributed by atoms with Crippen LogP contribution in [-0.2, 0) is 24.6 Å². The Morgan fingerprint density at radius 3 is 2.19 bits per heavy atom. The zero-order chi connectivity index (χ0) is 31.3. The van der Waals surface area contributed by atoms with Gasteiger partial charge in [0.1, 0.15) is 10.5 Å². The first-order valence-electron chi connectivity index (χ1n) is 13.0. The van der Waals surface area contributed by atoms with Gasteiger partial charge in [-0.25, -0.2) is 26.8 Å². The number of anilines is 1. The maximum Gasteiger partial charge on any atom is 0.501 e. The van der Waals surface area contributed by atoms with E-state index in [1.54, 1.807) is 25.7 Å². The van der Waals surface area contributed by atoms with Gasteiger partial charge >= 0.3 is 11.6 Å². The van der Waals surface area contributed by atoms with Crippen molar-refractivity contribution in [2.24, 2.45) is 5.14 Å². The average Bonchev–Trinajstić information content (AvgIpc) is 2.89. The summed E-state index contributed by atoms with van der Waals surface area (Å²) < 4.78 is 94.6. The molecule has 1 amide bonds. The van der Waals surface area contributed by atoms with Crippen molar-refractivity contribution in [1.29, 1.82) is 0 Å². The number of hydrogen-bond acceptors (Lipinski definition) is 9. The van der Waals surface area contributed by atoms with Crippen LogP contribution in [0.25, 0.3) is 0 Å². The fourth-order valence-corrected chi connectivity index (χ4v) is 6.65. The lowest BCUT2D eigenvalue weighted by atomic mass is 10.2. The quantitative estimate of drug-likeness (QED) is 0.363. The van der Waals surface area contributed by atoms with E-state index in [-0.39, 0.29) is 5.69 Å². The molecule has 16 heteroatoms. The number of rotatable bonds is 10. The molecule has 1 aliphatic rings. The van der Waals surface area contributed by atoms with E-state index < -0.39 is 52.9 Å². The molecular formula is C26H35F3N4O6S3. The van der Waals surface area contributed by atoms with Gasteiger partial charge in [-0.1, -0.05) is 18.2 Å². The highest BCUT2D eigenvalue weighted by molar-refractivity contribution is 7.99. The van der Waals surface area contributed by atoms with Gasteiger partial charge in [-0.15, -0.1) is 11.8 Å². The molecule has 3 rings (SSSR count). The van der Waals surface area contributed by atoms with Crippen LogP contribution in [0.2, 0.25) is 0 Å². The summed E-state index contributed by atoms with van der Waals surface area (Å²) in [5.74, 6) is 0.365. The third-order valence-electron chi connectivity index (χ3n) is 6.25. The van der Waals surface area contributed by atoms with Crippen LogP contribution < -0.4 is 10.5 Å². The normalized spacial score (nSPS) is 16.2. The number of thioether (sulfide) groups is 1. The van der Waals surface area contributed by atoms with Crippen molar-refractivity contribution >= 4 is 43.4 Å². The molecule has 0 aliphatic carbocycles. The number of alkyl halides is 3. The van der Waals surface area contributed by atoms with Crippen molar-refractivity contribution in [1.82, 2.24) is 9.80 Å². The summed E-state index contributed by atoms with van der Waals surface area (Å²) in [7, 11) is -10.4. The lowest BCUT2D eigenvalue weighted by Crippen LogP contribution is -2.50. The number of carbonyl (C=O) groups excluding carboxylic acids is 1. The van der Waals surface area contributed by atoms with Gasteiger partial charge in [-0.05, 0) is 57.5 Å². The van der Waals surface area contributed by atoms with Crippen LogP contribution in [0.1, 0.15) is 27.2 Å². The number of ether oxygens (including phenoxy) is 1. The van der Waals surface area contributed by atoms with E-state index in [4.69, 9.17) is 9.88 Å². The van der Waals surface area contributed by atoms with Crippen molar-refractivity contribution in [3.05, 3.63) is 48.5 Å². The second kappa shape index (κ2) is 13.4. The van der Waals surface area contributed by atoms with Gasteiger partial charge in [-0.2, -0.15) is 13.2 Å². The fourth-order valence-electron chi connectivity index (χ4n) is 4.10. The Kier molecular flexibility index (Phi) is 10.8. The highest BCUT2D eigenvalue weighted by atomic mass is 32.2. The number of sulfone groups is 1. The maximum absolute atomic E-state index is 13.6. The number of nitrogens with two attached hydrogens (primary N) is 1. The molecule has 0 aromatic heterocycles. The Morgan fingerprint density at radius 2 is 1.64 bits per heavy atom. The lowest BCUT2D eigenvalue weighted by molar-refractivity contribution is -0.0435. The first kappa shape index (κ1) is 34.0. The summed E-state index contributed by atoms with van der Waals surface area (Å²) in [6.07, 6.45) is 0.0108. The van der Waals surface area contributed by atoms with Crippen LogP contribution >= 0.6 is 11.8 Å². The Bertz CT molecular complexity index is 1440. The predicted molar refractivity (Wildman–Crippen MR) is 154 cm³/mol. The van der Waals surface area contributed by atoms with Crippen molar-refractivity contribution in [2.45, 2.75) is 59.0 Å². The summed E-state index contributed by atoms with van der Waals surface area (Å²) in [5, 5.41) is 7.98. The van der Waals surface area contributed by atoms with E-state index in [1.807, 2.05) is 30.3 Å². The van der Waals surface area contributed by atoms with Gasteiger partial charge < -0.3 is 15.0 Å². The van der Waals surface area contributed by atoms with Crippen molar-refractivity contribution in [2.75, 3.05) is 43.8 Å². The van der Waals surface area contributed by atoms with Crippen molar-refractivity contribution in [3.63, 3.8) is 0 Å². The van der Waals surface area contributed by atoms with E-state index >= 15 is 0 Å². The number of amides is 1. The molecule has 1 unspecified atom stereocenters. The Labute approximate surface area is 248 Å². The van der Waals surface area contributed by atoms with Crippen LogP contribution in [-0.4, -0.2) is 88.4 Å². The highest BCUT2D eigenvalue weighted by Crippen LogP contribution is 2.36. The largest absolute Gasteiger partial charge is 0.501 e. The molecule has 42 heavy (non-hydrogen) atoms. The van der Waals surface area contributed by atoms with E-state index in [1.165, 1.54) is 11.8 Å². The summed E-state index contributed by atoms with van der Waals surface area (Å²) in [6, 6.07) is 11.1. The topological polar surface area (TPSA) is 139 Å². The minimum Gasteiger partial charge on any atom is -0.444 e. The third-order valence-corrected chi connectivity index (χ3v) is 9.86. The number of carbonyl (C=O) groups is 1. The zero-order valence-corrected chi connectivity index (χ0v) is 25.9. The molecular weight excluding hydrogens is 618 g/mol. The molecule has 0 spiro atoms. The molecule has 3 N–H and O–H groups in total. The molecule has 1 aliphatic heterocycles. The van der Waals surface area contributed by atoms with Crippen LogP contribution in [0.5, 0.6) is 0 Å². The van der Waals surface area contributed by atoms with Gasteiger partial charge in [0, 0.05) is 49.4 Å². The highest BCUT2D eigenvalue weighted by Gasteiger charge is 2.48. The zero-order valence-electron chi connectivity index (χ0n) is 23.4. The SMILES string of the molecule is CC(C)(C)OC(=O)N1CCN(CCC(CSc2ccccc2)Nc2ccc(S(N)(=O)=O)cc2S(=O)(=O)C(F)(F)F)CC1. The molecule has 0 saturated carbocycles. The number of piperazine rings is 1. The molecule has 10 nitrogen and oxygen atoms in total. The van der Waals surface area contributed by atoms with E-state index in [0.717, 1.165) is 17.0 Å². The molecule has 1 saturated heterocycles. The van der Waals surface area contributed by atoms with Crippen LogP contribution in [0.4, 0.5) is 23.7 Å². The number of nitrogens with zero attached hydrogens (tertiary/aromatic N) is 2.